The van der Waals surface area contributed by atoms with Gasteiger partial charge in [-0.05, 0) is 13.8 Å². The summed E-state index contributed by atoms with van der Waals surface area (Å²) in [5.41, 5.74) is 0.928. The second kappa shape index (κ2) is 6.03. The number of anilines is 1. The highest BCUT2D eigenvalue weighted by Gasteiger charge is 2.01. The van der Waals surface area contributed by atoms with E-state index in [0.29, 0.717) is 13.1 Å². The molecule has 2 amide bonds. The summed E-state index contributed by atoms with van der Waals surface area (Å²) in [4.78, 5) is 21.1. The van der Waals surface area contributed by atoms with Crippen molar-refractivity contribution in [3.63, 3.8) is 0 Å². The van der Waals surface area contributed by atoms with Crippen LogP contribution in [0.15, 0.2) is 6.07 Å². The van der Waals surface area contributed by atoms with Crippen molar-refractivity contribution in [1.29, 1.82) is 0 Å². The molecule has 0 fully saturated rings. The van der Waals surface area contributed by atoms with Gasteiger partial charge in [0, 0.05) is 38.9 Å². The minimum Gasteiger partial charge on any atom is -0.368 e. The van der Waals surface area contributed by atoms with Gasteiger partial charge in [-0.2, -0.15) is 0 Å². The average Bonchev–Trinajstić information content (AvgIpc) is 2.22. The van der Waals surface area contributed by atoms with Gasteiger partial charge in [-0.3, -0.25) is 0 Å². The number of aryl methyl sites for hydroxylation is 2. The lowest BCUT2D eigenvalue weighted by molar-refractivity contribution is 0.218. The number of rotatable bonds is 4. The topological polar surface area (TPSA) is 70.2 Å². The van der Waals surface area contributed by atoms with E-state index in [4.69, 9.17) is 0 Å². The van der Waals surface area contributed by atoms with Gasteiger partial charge in [0.25, 0.3) is 0 Å². The number of carbonyl (C=O) groups excluding carboxylic acids is 1. The Kier molecular flexibility index (Phi) is 4.68. The molecule has 94 valence electrons. The fourth-order valence-electron chi connectivity index (χ4n) is 1.33. The second-order valence-electron chi connectivity index (χ2n) is 3.99. The lowest BCUT2D eigenvalue weighted by atomic mass is 10.4. The fourth-order valence-corrected chi connectivity index (χ4v) is 1.33. The summed E-state index contributed by atoms with van der Waals surface area (Å²) in [6, 6.07) is 1.78. The number of hydrogen-bond acceptors (Lipinski definition) is 4. The summed E-state index contributed by atoms with van der Waals surface area (Å²) >= 11 is 0. The van der Waals surface area contributed by atoms with Crippen LogP contribution in [0.3, 0.4) is 0 Å². The molecular weight excluding hydrogens is 218 g/mol. The van der Waals surface area contributed by atoms with Gasteiger partial charge in [0.15, 0.2) is 0 Å². The Hall–Kier alpha value is -1.85. The van der Waals surface area contributed by atoms with Crippen LogP contribution >= 0.6 is 0 Å². The minimum atomic E-state index is -0.0955. The van der Waals surface area contributed by atoms with Crippen LogP contribution in [0.5, 0.6) is 0 Å². The summed E-state index contributed by atoms with van der Waals surface area (Å²) < 4.78 is 0. The van der Waals surface area contributed by atoms with Gasteiger partial charge in [0.05, 0.1) is 0 Å². The van der Waals surface area contributed by atoms with Crippen molar-refractivity contribution < 1.29 is 4.79 Å². The van der Waals surface area contributed by atoms with Gasteiger partial charge < -0.3 is 15.5 Å². The van der Waals surface area contributed by atoms with Crippen LogP contribution < -0.4 is 10.6 Å². The zero-order chi connectivity index (χ0) is 12.8. The van der Waals surface area contributed by atoms with Gasteiger partial charge in [0.1, 0.15) is 11.6 Å². The third kappa shape index (κ3) is 4.67. The number of amides is 2. The first-order valence-corrected chi connectivity index (χ1v) is 5.50. The van der Waals surface area contributed by atoms with Gasteiger partial charge in [0.2, 0.25) is 0 Å². The zero-order valence-electron chi connectivity index (χ0n) is 10.7. The van der Waals surface area contributed by atoms with Gasteiger partial charge in [-0.15, -0.1) is 0 Å². The molecule has 2 N–H and O–H groups in total. The van der Waals surface area contributed by atoms with Crippen LogP contribution in [0.1, 0.15) is 11.5 Å². The van der Waals surface area contributed by atoms with Crippen LogP contribution in [0.2, 0.25) is 0 Å². The SMILES string of the molecule is Cc1cc(NCCNC(=O)N(C)C)nc(C)n1. The quantitative estimate of drug-likeness (QED) is 0.759. The van der Waals surface area contributed by atoms with Crippen LogP contribution in [0.25, 0.3) is 0 Å². The molecular formula is C11H19N5O. The molecule has 0 saturated carbocycles. The number of carbonyl (C=O) groups is 1. The van der Waals surface area contributed by atoms with Crippen molar-refractivity contribution in [2.45, 2.75) is 13.8 Å². The van der Waals surface area contributed by atoms with E-state index in [1.165, 1.54) is 4.90 Å². The lowest BCUT2D eigenvalue weighted by Gasteiger charge is -2.12. The van der Waals surface area contributed by atoms with Crippen molar-refractivity contribution in [3.8, 4) is 0 Å². The third-order valence-corrected chi connectivity index (χ3v) is 2.08. The molecule has 0 saturated heterocycles. The maximum absolute atomic E-state index is 11.2. The molecule has 0 aromatic carbocycles. The van der Waals surface area contributed by atoms with Crippen molar-refractivity contribution in [2.75, 3.05) is 32.5 Å². The lowest BCUT2D eigenvalue weighted by Crippen LogP contribution is -2.37. The molecule has 0 bridgehead atoms. The molecule has 0 aliphatic carbocycles. The first-order valence-electron chi connectivity index (χ1n) is 5.50. The summed E-state index contributed by atoms with van der Waals surface area (Å²) in [6.07, 6.45) is 0. The highest BCUT2D eigenvalue weighted by molar-refractivity contribution is 5.73. The largest absolute Gasteiger partial charge is 0.368 e. The Labute approximate surface area is 101 Å². The third-order valence-electron chi connectivity index (χ3n) is 2.08. The van der Waals surface area contributed by atoms with E-state index in [0.717, 1.165) is 17.3 Å². The number of hydrogen-bond donors (Lipinski definition) is 2. The molecule has 1 aromatic rings. The van der Waals surface area contributed by atoms with Crippen molar-refractivity contribution in [3.05, 3.63) is 17.6 Å². The van der Waals surface area contributed by atoms with E-state index in [-0.39, 0.29) is 6.03 Å². The second-order valence-corrected chi connectivity index (χ2v) is 3.99. The van der Waals surface area contributed by atoms with E-state index in [9.17, 15) is 4.79 Å². The Morgan fingerprint density at radius 1 is 1.29 bits per heavy atom. The predicted octanol–water partition coefficient (Wildman–Crippen LogP) is 0.777. The fraction of sp³-hybridized carbons (Fsp3) is 0.545. The van der Waals surface area contributed by atoms with Crippen LogP contribution in [-0.2, 0) is 0 Å². The molecule has 0 atom stereocenters. The standard InChI is InChI=1S/C11H19N5O/c1-8-7-10(15-9(2)14-8)12-5-6-13-11(17)16(3)4/h7H,5-6H2,1-4H3,(H,13,17)(H,12,14,15). The number of urea groups is 1. The first kappa shape index (κ1) is 13.2. The van der Waals surface area contributed by atoms with E-state index in [1.807, 2.05) is 19.9 Å². The first-order chi connectivity index (χ1) is 7.99. The molecule has 17 heavy (non-hydrogen) atoms. The Bertz CT molecular complexity index is 371. The van der Waals surface area contributed by atoms with Crippen LogP contribution in [0.4, 0.5) is 10.6 Å². The molecule has 0 unspecified atom stereocenters. The minimum absolute atomic E-state index is 0.0955. The number of aromatic nitrogens is 2. The highest BCUT2D eigenvalue weighted by atomic mass is 16.2. The van der Waals surface area contributed by atoms with Gasteiger partial charge in [-0.25, -0.2) is 14.8 Å². The zero-order valence-corrected chi connectivity index (χ0v) is 10.7. The molecule has 1 rings (SSSR count). The Morgan fingerprint density at radius 3 is 2.59 bits per heavy atom. The van der Waals surface area contributed by atoms with Gasteiger partial charge >= 0.3 is 6.03 Å². The van der Waals surface area contributed by atoms with E-state index in [2.05, 4.69) is 20.6 Å². The highest BCUT2D eigenvalue weighted by Crippen LogP contribution is 2.04. The molecule has 0 aliphatic heterocycles. The monoisotopic (exact) mass is 237 g/mol. The van der Waals surface area contributed by atoms with Crippen molar-refractivity contribution in [1.82, 2.24) is 20.2 Å². The van der Waals surface area contributed by atoms with Gasteiger partial charge in [-0.1, -0.05) is 0 Å². The van der Waals surface area contributed by atoms with Crippen LogP contribution in [0, 0.1) is 13.8 Å². The average molecular weight is 237 g/mol. The predicted molar refractivity (Wildman–Crippen MR) is 67.1 cm³/mol. The molecule has 0 spiro atoms. The maximum atomic E-state index is 11.2. The molecule has 0 radical (unpaired) electrons. The number of nitrogens with one attached hydrogen (secondary N) is 2. The van der Waals surface area contributed by atoms with Crippen LogP contribution in [-0.4, -0.2) is 48.1 Å². The summed E-state index contributed by atoms with van der Waals surface area (Å²) in [5.74, 6) is 1.53. The van der Waals surface area contributed by atoms with Crippen molar-refractivity contribution >= 4 is 11.8 Å². The summed E-state index contributed by atoms with van der Waals surface area (Å²) in [5, 5.41) is 5.90. The maximum Gasteiger partial charge on any atom is 0.316 e. The summed E-state index contributed by atoms with van der Waals surface area (Å²) in [6.45, 7) is 4.97. The van der Waals surface area contributed by atoms with E-state index < -0.39 is 0 Å². The molecule has 6 nitrogen and oxygen atoms in total. The smallest absolute Gasteiger partial charge is 0.316 e. The molecule has 6 heteroatoms. The Morgan fingerprint density at radius 2 is 2.00 bits per heavy atom. The Balaban J connectivity index is 2.33. The van der Waals surface area contributed by atoms with E-state index >= 15 is 0 Å². The summed E-state index contributed by atoms with van der Waals surface area (Å²) in [7, 11) is 3.42. The molecule has 1 aromatic heterocycles. The molecule has 0 aliphatic rings. The normalized spacial score (nSPS) is 9.88. The number of nitrogens with zero attached hydrogens (tertiary/aromatic N) is 3. The van der Waals surface area contributed by atoms with E-state index in [1.54, 1.807) is 14.1 Å². The van der Waals surface area contributed by atoms with Crippen molar-refractivity contribution in [2.24, 2.45) is 0 Å². The molecule has 1 heterocycles.